The maximum Gasteiger partial charge on any atom is 0.258 e. The molecule has 1 unspecified atom stereocenters. The third-order valence-corrected chi connectivity index (χ3v) is 5.04. The number of methoxy groups -OCH3 is 1. The lowest BCUT2D eigenvalue weighted by molar-refractivity contribution is 0.185. The van der Waals surface area contributed by atoms with E-state index >= 15 is 0 Å². The molecule has 140 valence electrons. The van der Waals surface area contributed by atoms with Crippen molar-refractivity contribution in [2.45, 2.75) is 19.4 Å². The third-order valence-electron chi connectivity index (χ3n) is 4.48. The van der Waals surface area contributed by atoms with Gasteiger partial charge < -0.3 is 19.8 Å². The number of halogens is 2. The Morgan fingerprint density at radius 3 is 2.74 bits per heavy atom. The second-order valence-electron chi connectivity index (χ2n) is 6.10. The second-order valence-corrected chi connectivity index (χ2v) is 6.95. The van der Waals surface area contributed by atoms with Crippen molar-refractivity contribution in [2.75, 3.05) is 13.7 Å². The highest BCUT2D eigenvalue weighted by atomic mass is 35.5. The molecule has 2 heterocycles. The van der Waals surface area contributed by atoms with E-state index in [2.05, 4.69) is 6.07 Å². The van der Waals surface area contributed by atoms with Gasteiger partial charge in [-0.2, -0.15) is 5.26 Å². The predicted octanol–water partition coefficient (Wildman–Crippen LogP) is 3.33. The fraction of sp³-hybridized carbons (Fsp3) is 0.263. The zero-order valence-corrected chi connectivity index (χ0v) is 16.3. The molecule has 0 radical (unpaired) electrons. The molecular formula is C19H17Cl2N3O3. The van der Waals surface area contributed by atoms with E-state index in [9.17, 15) is 10.1 Å². The van der Waals surface area contributed by atoms with Crippen LogP contribution in [0.3, 0.4) is 0 Å². The summed E-state index contributed by atoms with van der Waals surface area (Å²) in [5.74, 6) is -0.474. The molecule has 1 aromatic heterocycles. The zero-order valence-electron chi connectivity index (χ0n) is 14.8. The molecule has 0 spiro atoms. The van der Waals surface area contributed by atoms with Gasteiger partial charge in [0.05, 0.1) is 18.1 Å². The first-order valence-electron chi connectivity index (χ1n) is 8.14. The highest BCUT2D eigenvalue weighted by Crippen LogP contribution is 2.43. The number of fused-ring (bicyclic) bond motifs is 1. The number of rotatable bonds is 4. The monoisotopic (exact) mass is 405 g/mol. The maximum atomic E-state index is 13.3. The van der Waals surface area contributed by atoms with Crippen LogP contribution < -0.4 is 16.0 Å². The molecule has 1 aromatic carbocycles. The molecule has 0 aliphatic carbocycles. The van der Waals surface area contributed by atoms with Crippen LogP contribution in [0.2, 0.25) is 10.0 Å². The lowest BCUT2D eigenvalue weighted by Gasteiger charge is -2.28. The molecule has 1 aliphatic rings. The Morgan fingerprint density at radius 1 is 1.37 bits per heavy atom. The summed E-state index contributed by atoms with van der Waals surface area (Å²) in [4.78, 5) is 13.3. The van der Waals surface area contributed by atoms with Crippen LogP contribution in [0, 0.1) is 18.3 Å². The van der Waals surface area contributed by atoms with Gasteiger partial charge in [0, 0.05) is 35.5 Å². The number of ether oxygens (including phenoxy) is 2. The van der Waals surface area contributed by atoms with Crippen LogP contribution in [0.25, 0.3) is 0 Å². The number of aryl methyl sites for hydroxylation is 1. The molecule has 3 rings (SSSR count). The Balaban J connectivity index is 2.30. The van der Waals surface area contributed by atoms with Gasteiger partial charge in [0.25, 0.3) is 5.56 Å². The number of pyridine rings is 1. The van der Waals surface area contributed by atoms with Crippen LogP contribution in [0.15, 0.2) is 40.5 Å². The number of hydrogen-bond donors (Lipinski definition) is 1. The van der Waals surface area contributed by atoms with Gasteiger partial charge in [-0.3, -0.25) is 4.79 Å². The lowest BCUT2D eigenvalue weighted by Crippen LogP contribution is -2.33. The van der Waals surface area contributed by atoms with Gasteiger partial charge in [0.15, 0.2) is 0 Å². The molecule has 2 aromatic rings. The van der Waals surface area contributed by atoms with E-state index in [1.54, 1.807) is 42.9 Å². The van der Waals surface area contributed by atoms with Crippen LogP contribution in [-0.2, 0) is 11.3 Å². The van der Waals surface area contributed by atoms with Gasteiger partial charge in [0.2, 0.25) is 5.88 Å². The summed E-state index contributed by atoms with van der Waals surface area (Å²) in [6, 6.07) is 8.69. The van der Waals surface area contributed by atoms with Gasteiger partial charge in [-0.1, -0.05) is 29.3 Å². The van der Waals surface area contributed by atoms with Gasteiger partial charge in [-0.15, -0.1) is 0 Å². The van der Waals surface area contributed by atoms with E-state index in [0.29, 0.717) is 45.8 Å². The number of aromatic nitrogens is 1. The van der Waals surface area contributed by atoms with Crippen molar-refractivity contribution in [2.24, 2.45) is 5.73 Å². The molecule has 8 heteroatoms. The van der Waals surface area contributed by atoms with E-state index in [0.717, 1.165) is 0 Å². The van der Waals surface area contributed by atoms with Crippen molar-refractivity contribution < 1.29 is 9.47 Å². The van der Waals surface area contributed by atoms with E-state index in [-0.39, 0.29) is 17.0 Å². The van der Waals surface area contributed by atoms with Crippen LogP contribution in [-0.4, -0.2) is 18.3 Å². The Hall–Kier alpha value is -2.46. The van der Waals surface area contributed by atoms with Crippen molar-refractivity contribution in [3.63, 3.8) is 0 Å². The van der Waals surface area contributed by atoms with E-state index < -0.39 is 5.92 Å². The van der Waals surface area contributed by atoms with E-state index in [1.807, 2.05) is 0 Å². The van der Waals surface area contributed by atoms with Crippen molar-refractivity contribution in [3.05, 3.63) is 72.9 Å². The summed E-state index contributed by atoms with van der Waals surface area (Å²) in [6.45, 7) is 2.54. The Kier molecular flexibility index (Phi) is 5.47. The predicted molar refractivity (Wildman–Crippen MR) is 103 cm³/mol. The molecule has 0 fully saturated rings. The summed E-state index contributed by atoms with van der Waals surface area (Å²) in [7, 11) is 1.56. The molecule has 1 aliphatic heterocycles. The second kappa shape index (κ2) is 7.65. The van der Waals surface area contributed by atoms with Gasteiger partial charge in [-0.25, -0.2) is 0 Å². The molecule has 0 amide bonds. The summed E-state index contributed by atoms with van der Waals surface area (Å²) >= 11 is 12.4. The van der Waals surface area contributed by atoms with Crippen LogP contribution in [0.4, 0.5) is 0 Å². The highest BCUT2D eigenvalue weighted by molar-refractivity contribution is 6.35. The van der Waals surface area contributed by atoms with Crippen molar-refractivity contribution in [1.29, 1.82) is 5.26 Å². The minimum atomic E-state index is -0.745. The first-order valence-corrected chi connectivity index (χ1v) is 8.90. The first kappa shape index (κ1) is 19.3. The number of benzene rings is 1. The molecule has 6 nitrogen and oxygen atoms in total. The fourth-order valence-electron chi connectivity index (χ4n) is 3.19. The van der Waals surface area contributed by atoms with Gasteiger partial charge >= 0.3 is 0 Å². The average molecular weight is 406 g/mol. The van der Waals surface area contributed by atoms with Gasteiger partial charge in [-0.05, 0) is 24.6 Å². The topological polar surface area (TPSA) is 90.3 Å². The fourth-order valence-corrected chi connectivity index (χ4v) is 3.71. The SMILES string of the molecule is COCCn1c(C)cc2c(c1=O)C(c1ccc(Cl)cc1Cl)C(C#N)=C(N)O2. The van der Waals surface area contributed by atoms with Crippen molar-refractivity contribution in [3.8, 4) is 11.8 Å². The summed E-state index contributed by atoms with van der Waals surface area (Å²) in [5.41, 5.74) is 7.39. The van der Waals surface area contributed by atoms with Crippen LogP contribution in [0.5, 0.6) is 5.75 Å². The average Bonchev–Trinajstić information content (AvgIpc) is 2.60. The Bertz CT molecular complexity index is 1040. The molecule has 0 saturated carbocycles. The van der Waals surface area contributed by atoms with Crippen LogP contribution >= 0.6 is 23.2 Å². The largest absolute Gasteiger partial charge is 0.440 e. The third kappa shape index (κ3) is 3.42. The number of hydrogen-bond acceptors (Lipinski definition) is 5. The number of nitrogens with zero attached hydrogens (tertiary/aromatic N) is 2. The molecule has 27 heavy (non-hydrogen) atoms. The van der Waals surface area contributed by atoms with Crippen molar-refractivity contribution >= 4 is 23.2 Å². The van der Waals surface area contributed by atoms with Crippen molar-refractivity contribution in [1.82, 2.24) is 4.57 Å². The number of nitriles is 1. The van der Waals surface area contributed by atoms with E-state index in [4.69, 9.17) is 38.4 Å². The summed E-state index contributed by atoms with van der Waals surface area (Å²) in [5, 5.41) is 10.4. The lowest BCUT2D eigenvalue weighted by atomic mass is 9.84. The summed E-state index contributed by atoms with van der Waals surface area (Å²) in [6.07, 6.45) is 0. The molecule has 0 saturated heterocycles. The minimum absolute atomic E-state index is 0.0468. The van der Waals surface area contributed by atoms with Crippen LogP contribution in [0.1, 0.15) is 22.7 Å². The quantitative estimate of drug-likeness (QED) is 0.841. The standard InChI is InChI=1S/C19H17Cl2N3O3/c1-10-7-15-17(19(25)24(10)5-6-26-2)16(13(9-22)18(23)27-15)12-4-3-11(20)8-14(12)21/h3-4,7-8,16H,5-6,23H2,1-2H3. The highest BCUT2D eigenvalue weighted by Gasteiger charge is 2.35. The van der Waals surface area contributed by atoms with E-state index in [1.165, 1.54) is 0 Å². The Morgan fingerprint density at radius 2 is 2.11 bits per heavy atom. The smallest absolute Gasteiger partial charge is 0.258 e. The zero-order chi connectivity index (χ0) is 19.7. The number of allylic oxidation sites excluding steroid dienone is 1. The summed E-state index contributed by atoms with van der Waals surface area (Å²) < 4.78 is 12.3. The minimum Gasteiger partial charge on any atom is -0.440 e. The first-order chi connectivity index (χ1) is 12.9. The molecule has 1 atom stereocenters. The number of nitrogens with two attached hydrogens (primary N) is 1. The van der Waals surface area contributed by atoms with Gasteiger partial charge in [0.1, 0.15) is 17.4 Å². The molecule has 0 bridgehead atoms. The Labute approximate surface area is 166 Å². The normalized spacial score (nSPS) is 15.9. The molecule has 2 N–H and O–H groups in total. The molecular weight excluding hydrogens is 389 g/mol. The maximum absolute atomic E-state index is 13.3.